The molecule has 0 fully saturated rings. The first-order valence-corrected chi connectivity index (χ1v) is 6.12. The Morgan fingerprint density at radius 3 is 2.16 bits per heavy atom. The Balaban J connectivity index is 2.66. The highest BCUT2D eigenvalue weighted by atomic mass is 35.5. The van der Waals surface area contributed by atoms with E-state index in [9.17, 15) is 14.5 Å². The van der Waals surface area contributed by atoms with Gasteiger partial charge in [0.1, 0.15) is 0 Å². The Bertz CT molecular complexity index is 653. The van der Waals surface area contributed by atoms with Gasteiger partial charge in [-0.3, -0.25) is 10.1 Å². The number of nitro benzene ring substituents is 1. The van der Waals surface area contributed by atoms with Gasteiger partial charge in [0.05, 0.1) is 15.0 Å². The Morgan fingerprint density at radius 2 is 1.63 bits per heavy atom. The Hall–Kier alpha value is -1.36. The largest absolute Gasteiger partial charge is 0.305 e. The van der Waals surface area contributed by atoms with Crippen LogP contribution in [0.1, 0.15) is 0 Å². The summed E-state index contributed by atoms with van der Waals surface area (Å²) in [7, 11) is 0. The summed E-state index contributed by atoms with van der Waals surface area (Å²) in [4.78, 5) is 9.90. The molecule has 0 amide bonds. The van der Waals surface area contributed by atoms with E-state index in [1.807, 2.05) is 0 Å². The van der Waals surface area contributed by atoms with Crippen LogP contribution < -0.4 is 0 Å². The third kappa shape index (κ3) is 2.81. The molecule has 0 spiro atoms. The van der Waals surface area contributed by atoms with E-state index in [2.05, 4.69) is 0 Å². The van der Waals surface area contributed by atoms with E-state index >= 15 is 0 Å². The summed E-state index contributed by atoms with van der Waals surface area (Å²) in [5.74, 6) is -0.921. The van der Waals surface area contributed by atoms with Gasteiger partial charge in [-0.05, 0) is 23.8 Å². The van der Waals surface area contributed by atoms with Gasteiger partial charge in [-0.25, -0.2) is 0 Å². The predicted octanol–water partition coefficient (Wildman–Crippen LogP) is 5.36. The molecule has 0 saturated heterocycles. The Labute approximate surface area is 122 Å². The van der Waals surface area contributed by atoms with Crippen molar-refractivity contribution in [3.05, 3.63) is 61.3 Å². The first-order valence-electron chi connectivity index (χ1n) is 4.99. The third-order valence-corrected chi connectivity index (χ3v) is 3.25. The predicted molar refractivity (Wildman–Crippen MR) is 73.5 cm³/mol. The van der Waals surface area contributed by atoms with E-state index in [1.54, 1.807) is 0 Å². The maximum Gasteiger partial charge on any atom is 0.305 e. The highest BCUT2D eigenvalue weighted by Gasteiger charge is 2.18. The lowest BCUT2D eigenvalue weighted by Gasteiger charge is -2.08. The van der Waals surface area contributed by atoms with Crippen LogP contribution in [-0.4, -0.2) is 4.92 Å². The van der Waals surface area contributed by atoms with Crippen LogP contribution in [0.25, 0.3) is 11.1 Å². The second-order valence-electron chi connectivity index (χ2n) is 3.67. The van der Waals surface area contributed by atoms with Crippen LogP contribution >= 0.6 is 34.8 Å². The van der Waals surface area contributed by atoms with Crippen LogP contribution in [0, 0.1) is 15.9 Å². The lowest BCUT2D eigenvalue weighted by atomic mass is 10.0. The highest BCUT2D eigenvalue weighted by Crippen LogP contribution is 2.38. The second-order valence-corrected chi connectivity index (χ2v) is 4.92. The van der Waals surface area contributed by atoms with Crippen LogP contribution in [-0.2, 0) is 0 Å². The van der Waals surface area contributed by atoms with Crippen molar-refractivity contribution in [1.82, 2.24) is 0 Å². The monoisotopic (exact) mass is 319 g/mol. The molecule has 0 aromatic heterocycles. The molecule has 2 aromatic rings. The fourth-order valence-electron chi connectivity index (χ4n) is 1.63. The molecular formula is C12H5Cl3FNO2. The smallest absolute Gasteiger partial charge is 0.258 e. The molecule has 0 heterocycles. The topological polar surface area (TPSA) is 43.1 Å². The number of nitrogens with zero attached hydrogens (tertiary/aromatic N) is 1. The van der Waals surface area contributed by atoms with Crippen LogP contribution in [0.15, 0.2) is 30.3 Å². The first kappa shape index (κ1) is 14.1. The molecule has 3 nitrogen and oxygen atoms in total. The lowest BCUT2D eigenvalue weighted by Crippen LogP contribution is -1.93. The van der Waals surface area contributed by atoms with E-state index in [1.165, 1.54) is 18.2 Å². The zero-order valence-electron chi connectivity index (χ0n) is 9.16. The first-order chi connectivity index (χ1) is 8.90. The SMILES string of the molecule is O=[N+]([O-])c1cc(-c2c(Cl)cc(Cl)cc2Cl)ccc1F. The molecule has 0 atom stereocenters. The summed E-state index contributed by atoms with van der Waals surface area (Å²) in [6.45, 7) is 0. The van der Waals surface area contributed by atoms with Gasteiger partial charge in [-0.1, -0.05) is 40.9 Å². The maximum absolute atomic E-state index is 13.3. The fraction of sp³-hybridized carbons (Fsp3) is 0. The number of hydrogen-bond donors (Lipinski definition) is 0. The fourth-order valence-corrected chi connectivity index (χ4v) is 2.66. The molecule has 0 unspecified atom stereocenters. The summed E-state index contributed by atoms with van der Waals surface area (Å²) >= 11 is 17.8. The number of nitro groups is 1. The average Bonchev–Trinajstić information content (AvgIpc) is 2.29. The van der Waals surface area contributed by atoms with Crippen molar-refractivity contribution in [2.45, 2.75) is 0 Å². The summed E-state index contributed by atoms with van der Waals surface area (Å²) in [5, 5.41) is 11.5. The van der Waals surface area contributed by atoms with Gasteiger partial charge in [0.2, 0.25) is 5.82 Å². The minimum absolute atomic E-state index is 0.235. The van der Waals surface area contributed by atoms with Crippen molar-refractivity contribution in [3.8, 4) is 11.1 Å². The third-order valence-electron chi connectivity index (χ3n) is 2.44. The average molecular weight is 321 g/mol. The van der Waals surface area contributed by atoms with Crippen molar-refractivity contribution in [2.75, 3.05) is 0 Å². The molecule has 0 saturated carbocycles. The maximum atomic E-state index is 13.3. The van der Waals surface area contributed by atoms with Crippen LogP contribution in [0.4, 0.5) is 10.1 Å². The van der Waals surface area contributed by atoms with Gasteiger partial charge in [0.25, 0.3) is 0 Å². The molecule has 0 bridgehead atoms. The van der Waals surface area contributed by atoms with Gasteiger partial charge in [-0.15, -0.1) is 0 Å². The molecule has 0 aliphatic heterocycles. The van der Waals surface area contributed by atoms with E-state index in [0.29, 0.717) is 16.1 Å². The van der Waals surface area contributed by atoms with Crippen LogP contribution in [0.2, 0.25) is 15.1 Å². The molecule has 2 rings (SSSR count). The zero-order valence-corrected chi connectivity index (χ0v) is 11.4. The van der Waals surface area contributed by atoms with Crippen LogP contribution in [0.5, 0.6) is 0 Å². The number of halogens is 4. The minimum Gasteiger partial charge on any atom is -0.258 e. The van der Waals surface area contributed by atoms with Crippen molar-refractivity contribution >= 4 is 40.5 Å². The molecule has 0 aliphatic carbocycles. The van der Waals surface area contributed by atoms with Crippen molar-refractivity contribution in [2.24, 2.45) is 0 Å². The second kappa shape index (κ2) is 5.33. The zero-order chi connectivity index (χ0) is 14.2. The van der Waals surface area contributed by atoms with E-state index < -0.39 is 16.4 Å². The molecule has 0 aliphatic rings. The van der Waals surface area contributed by atoms with Gasteiger partial charge < -0.3 is 0 Å². The van der Waals surface area contributed by atoms with Crippen molar-refractivity contribution in [1.29, 1.82) is 0 Å². The van der Waals surface area contributed by atoms with Crippen molar-refractivity contribution in [3.63, 3.8) is 0 Å². The standard InChI is InChI=1S/C12H5Cl3FNO2/c13-7-4-8(14)12(9(15)5-7)6-1-2-10(16)11(3-6)17(18)19/h1-5H. The minimum atomic E-state index is -0.921. The molecule has 0 N–H and O–H groups in total. The lowest BCUT2D eigenvalue weighted by molar-refractivity contribution is -0.387. The molecule has 2 aromatic carbocycles. The normalized spacial score (nSPS) is 10.5. The van der Waals surface area contributed by atoms with E-state index in [0.717, 1.165) is 12.1 Å². The summed E-state index contributed by atoms with van der Waals surface area (Å²) in [6, 6.07) is 6.35. The number of benzene rings is 2. The van der Waals surface area contributed by atoms with E-state index in [-0.39, 0.29) is 10.0 Å². The summed E-state index contributed by atoms with van der Waals surface area (Å²) in [5.41, 5.74) is 0.0789. The van der Waals surface area contributed by atoms with Gasteiger partial charge in [0, 0.05) is 16.7 Å². The van der Waals surface area contributed by atoms with Gasteiger partial charge >= 0.3 is 5.69 Å². The van der Waals surface area contributed by atoms with E-state index in [4.69, 9.17) is 34.8 Å². The van der Waals surface area contributed by atoms with Crippen molar-refractivity contribution < 1.29 is 9.31 Å². The molecule has 7 heteroatoms. The highest BCUT2D eigenvalue weighted by molar-refractivity contribution is 6.41. The number of hydrogen-bond acceptors (Lipinski definition) is 2. The molecule has 0 radical (unpaired) electrons. The molecule has 19 heavy (non-hydrogen) atoms. The Kier molecular flexibility index (Phi) is 3.94. The van der Waals surface area contributed by atoms with Gasteiger partial charge in [0.15, 0.2) is 0 Å². The van der Waals surface area contributed by atoms with Gasteiger partial charge in [-0.2, -0.15) is 4.39 Å². The quantitative estimate of drug-likeness (QED) is 0.552. The molecular weight excluding hydrogens is 315 g/mol. The number of rotatable bonds is 2. The Morgan fingerprint density at radius 1 is 1.05 bits per heavy atom. The summed E-state index contributed by atoms with van der Waals surface area (Å²) < 4.78 is 13.3. The molecule has 98 valence electrons. The summed E-state index contributed by atoms with van der Waals surface area (Å²) in [6.07, 6.45) is 0. The van der Waals surface area contributed by atoms with Crippen LogP contribution in [0.3, 0.4) is 0 Å².